The lowest BCUT2D eigenvalue weighted by Crippen LogP contribution is -2.23. The Morgan fingerprint density at radius 3 is 2.29 bits per heavy atom. The van der Waals surface area contributed by atoms with E-state index in [2.05, 4.69) is 5.32 Å². The normalized spacial score (nSPS) is 17.7. The van der Waals surface area contributed by atoms with Crippen molar-refractivity contribution < 1.29 is 8.42 Å². The summed E-state index contributed by atoms with van der Waals surface area (Å²) in [6, 6.07) is 5.36. The highest BCUT2D eigenvalue weighted by Gasteiger charge is 2.19. The summed E-state index contributed by atoms with van der Waals surface area (Å²) in [4.78, 5) is 0.233. The number of nitrogens with two attached hydrogens (primary N) is 1. The molecule has 1 aromatic rings. The van der Waals surface area contributed by atoms with E-state index in [0.717, 1.165) is 18.5 Å². The van der Waals surface area contributed by atoms with Gasteiger partial charge in [-0.1, -0.05) is 25.7 Å². The molecule has 0 spiro atoms. The molecule has 0 bridgehead atoms. The van der Waals surface area contributed by atoms with Gasteiger partial charge in [-0.05, 0) is 31.0 Å². The lowest BCUT2D eigenvalue weighted by molar-refractivity contribution is 0.521. The van der Waals surface area contributed by atoms with Crippen LogP contribution in [0.15, 0.2) is 23.1 Å². The minimum absolute atomic E-state index is 0.233. The largest absolute Gasteiger partial charge is 0.397 e. The predicted octanol–water partition coefficient (Wildman–Crippen LogP) is 2.65. The van der Waals surface area contributed by atoms with E-state index in [1.807, 2.05) is 0 Å². The SMILES string of the molecule is CN(C)S(=O)(=O)c1ccc(NC2CCCCCC2)c(N)c1. The summed E-state index contributed by atoms with van der Waals surface area (Å²) in [6.45, 7) is 0. The van der Waals surface area contributed by atoms with Crippen molar-refractivity contribution in [2.75, 3.05) is 25.1 Å². The zero-order valence-corrected chi connectivity index (χ0v) is 13.6. The van der Waals surface area contributed by atoms with Gasteiger partial charge in [-0.15, -0.1) is 0 Å². The van der Waals surface area contributed by atoms with Crippen LogP contribution in [0.25, 0.3) is 0 Å². The Kier molecular flexibility index (Phi) is 5.11. The predicted molar refractivity (Wildman–Crippen MR) is 86.8 cm³/mol. The Balaban J connectivity index is 2.16. The number of nitrogens with one attached hydrogen (secondary N) is 1. The molecule has 0 saturated heterocycles. The summed E-state index contributed by atoms with van der Waals surface area (Å²) in [5.74, 6) is 0. The molecule has 2 rings (SSSR count). The third kappa shape index (κ3) is 3.89. The van der Waals surface area contributed by atoms with Gasteiger partial charge in [0.15, 0.2) is 0 Å². The van der Waals surface area contributed by atoms with Crippen molar-refractivity contribution in [2.24, 2.45) is 0 Å². The molecule has 21 heavy (non-hydrogen) atoms. The number of anilines is 2. The minimum atomic E-state index is -3.43. The van der Waals surface area contributed by atoms with Crippen LogP contribution in [-0.2, 0) is 10.0 Å². The zero-order chi connectivity index (χ0) is 15.5. The van der Waals surface area contributed by atoms with E-state index in [0.29, 0.717) is 11.7 Å². The molecule has 118 valence electrons. The molecule has 0 heterocycles. The maximum Gasteiger partial charge on any atom is 0.242 e. The first kappa shape index (κ1) is 16.1. The molecule has 1 aliphatic rings. The van der Waals surface area contributed by atoms with Crippen LogP contribution >= 0.6 is 0 Å². The quantitative estimate of drug-likeness (QED) is 0.662. The highest BCUT2D eigenvalue weighted by atomic mass is 32.2. The average Bonchev–Trinajstić information content (AvgIpc) is 2.69. The third-order valence-electron chi connectivity index (χ3n) is 4.02. The van der Waals surface area contributed by atoms with Crippen LogP contribution in [0, 0.1) is 0 Å². The van der Waals surface area contributed by atoms with Crippen molar-refractivity contribution in [2.45, 2.75) is 49.5 Å². The molecule has 0 radical (unpaired) electrons. The average molecular weight is 311 g/mol. The lowest BCUT2D eigenvalue weighted by atomic mass is 10.1. The van der Waals surface area contributed by atoms with Gasteiger partial charge >= 0.3 is 0 Å². The van der Waals surface area contributed by atoms with Crippen molar-refractivity contribution in [3.05, 3.63) is 18.2 Å². The van der Waals surface area contributed by atoms with E-state index in [4.69, 9.17) is 5.73 Å². The minimum Gasteiger partial charge on any atom is -0.397 e. The van der Waals surface area contributed by atoms with E-state index in [1.54, 1.807) is 12.1 Å². The third-order valence-corrected chi connectivity index (χ3v) is 5.83. The van der Waals surface area contributed by atoms with E-state index in [9.17, 15) is 8.42 Å². The second-order valence-electron chi connectivity index (χ2n) is 5.87. The van der Waals surface area contributed by atoms with Gasteiger partial charge < -0.3 is 11.1 Å². The van der Waals surface area contributed by atoms with Crippen molar-refractivity contribution in [1.29, 1.82) is 0 Å². The number of benzene rings is 1. The Labute approximate surface area is 127 Å². The van der Waals surface area contributed by atoms with Crippen LogP contribution < -0.4 is 11.1 Å². The molecule has 1 aliphatic carbocycles. The summed E-state index contributed by atoms with van der Waals surface area (Å²) in [5, 5.41) is 3.46. The van der Waals surface area contributed by atoms with Gasteiger partial charge in [-0.2, -0.15) is 0 Å². The molecule has 0 atom stereocenters. The van der Waals surface area contributed by atoms with Crippen molar-refractivity contribution in [3.63, 3.8) is 0 Å². The summed E-state index contributed by atoms with van der Waals surface area (Å²) in [7, 11) is -0.395. The van der Waals surface area contributed by atoms with Gasteiger partial charge in [0.05, 0.1) is 16.3 Å². The fourth-order valence-corrected chi connectivity index (χ4v) is 3.62. The molecule has 1 aromatic carbocycles. The number of nitrogens with zero attached hydrogens (tertiary/aromatic N) is 1. The van der Waals surface area contributed by atoms with Crippen LogP contribution in [0.3, 0.4) is 0 Å². The maximum absolute atomic E-state index is 12.1. The zero-order valence-electron chi connectivity index (χ0n) is 12.8. The number of sulfonamides is 1. The van der Waals surface area contributed by atoms with Gasteiger partial charge in [-0.3, -0.25) is 0 Å². The van der Waals surface area contributed by atoms with Crippen LogP contribution in [-0.4, -0.2) is 32.9 Å². The first-order valence-corrected chi connectivity index (χ1v) is 8.94. The van der Waals surface area contributed by atoms with Crippen LogP contribution in [0.4, 0.5) is 11.4 Å². The number of hydrogen-bond donors (Lipinski definition) is 2. The molecular formula is C15H25N3O2S. The van der Waals surface area contributed by atoms with Crippen LogP contribution in [0.5, 0.6) is 0 Å². The van der Waals surface area contributed by atoms with E-state index < -0.39 is 10.0 Å². The fourth-order valence-electron chi connectivity index (χ4n) is 2.69. The molecule has 6 heteroatoms. The molecule has 3 N–H and O–H groups in total. The summed E-state index contributed by atoms with van der Waals surface area (Å²) in [5.41, 5.74) is 7.35. The molecule has 0 amide bonds. The van der Waals surface area contributed by atoms with E-state index in [1.165, 1.54) is 50.2 Å². The Bertz CT molecular complexity index is 577. The smallest absolute Gasteiger partial charge is 0.242 e. The van der Waals surface area contributed by atoms with Crippen molar-refractivity contribution in [1.82, 2.24) is 4.31 Å². The molecule has 1 saturated carbocycles. The highest BCUT2D eigenvalue weighted by molar-refractivity contribution is 7.89. The summed E-state index contributed by atoms with van der Waals surface area (Å²) in [6.07, 6.45) is 7.38. The topological polar surface area (TPSA) is 75.4 Å². The van der Waals surface area contributed by atoms with Crippen LogP contribution in [0.2, 0.25) is 0 Å². The van der Waals surface area contributed by atoms with Crippen molar-refractivity contribution in [3.8, 4) is 0 Å². The number of rotatable bonds is 4. The summed E-state index contributed by atoms with van der Waals surface area (Å²) >= 11 is 0. The molecule has 1 fully saturated rings. The maximum atomic E-state index is 12.1. The number of nitrogen functional groups attached to an aromatic ring is 1. The first-order valence-electron chi connectivity index (χ1n) is 7.50. The van der Waals surface area contributed by atoms with Gasteiger partial charge in [0.1, 0.15) is 0 Å². The van der Waals surface area contributed by atoms with Gasteiger partial charge in [0.2, 0.25) is 10.0 Å². The lowest BCUT2D eigenvalue weighted by Gasteiger charge is -2.20. The molecule has 0 aliphatic heterocycles. The van der Waals surface area contributed by atoms with Gasteiger partial charge in [0, 0.05) is 20.1 Å². The molecule has 0 aromatic heterocycles. The van der Waals surface area contributed by atoms with E-state index in [-0.39, 0.29) is 4.90 Å². The van der Waals surface area contributed by atoms with Gasteiger partial charge in [0.25, 0.3) is 0 Å². The van der Waals surface area contributed by atoms with Crippen molar-refractivity contribution >= 4 is 21.4 Å². The highest BCUT2D eigenvalue weighted by Crippen LogP contribution is 2.27. The Morgan fingerprint density at radius 1 is 1.14 bits per heavy atom. The Morgan fingerprint density at radius 2 is 1.76 bits per heavy atom. The second kappa shape index (κ2) is 6.66. The summed E-state index contributed by atoms with van der Waals surface area (Å²) < 4.78 is 25.4. The second-order valence-corrected chi connectivity index (χ2v) is 8.02. The molecular weight excluding hydrogens is 286 g/mol. The first-order chi connectivity index (χ1) is 9.91. The number of hydrogen-bond acceptors (Lipinski definition) is 4. The monoisotopic (exact) mass is 311 g/mol. The Hall–Kier alpha value is -1.27. The van der Waals surface area contributed by atoms with E-state index >= 15 is 0 Å². The van der Waals surface area contributed by atoms with Gasteiger partial charge in [-0.25, -0.2) is 12.7 Å². The standard InChI is InChI=1S/C15H25N3O2S/c1-18(2)21(19,20)13-9-10-15(14(16)11-13)17-12-7-5-3-4-6-8-12/h9-12,17H,3-8,16H2,1-2H3. The fraction of sp³-hybridized carbons (Fsp3) is 0.600. The molecule has 5 nitrogen and oxygen atoms in total. The molecule has 0 unspecified atom stereocenters. The van der Waals surface area contributed by atoms with Crippen LogP contribution in [0.1, 0.15) is 38.5 Å².